The minimum atomic E-state index is -4.91. The van der Waals surface area contributed by atoms with Crippen LogP contribution in [0.3, 0.4) is 0 Å². The van der Waals surface area contributed by atoms with E-state index in [1.54, 1.807) is 33.0 Å². The molecule has 1 atom stereocenters. The fraction of sp³-hybridized carbons (Fsp3) is 0.588. The van der Waals surface area contributed by atoms with Crippen molar-refractivity contribution >= 4 is 13.0 Å². The first-order valence-corrected chi connectivity index (χ1v) is 8.43. The average Bonchev–Trinajstić information content (AvgIpc) is 2.70. The zero-order valence-corrected chi connectivity index (χ0v) is 16.0. The van der Waals surface area contributed by atoms with Gasteiger partial charge in [-0.25, -0.2) is 0 Å². The minimum Gasteiger partial charge on any atom is -0.434 e. The van der Waals surface area contributed by atoms with Crippen molar-refractivity contribution in [3.8, 4) is 5.75 Å². The Morgan fingerprint density at radius 3 is 2.14 bits per heavy atom. The molecule has 1 amide bonds. The summed E-state index contributed by atoms with van der Waals surface area (Å²) < 4.78 is 81.2. The van der Waals surface area contributed by atoms with Crippen LogP contribution in [0.2, 0.25) is 0 Å². The number of benzene rings is 1. The Balaban J connectivity index is 2.34. The lowest BCUT2D eigenvalue weighted by Crippen LogP contribution is -2.56. The van der Waals surface area contributed by atoms with Crippen LogP contribution in [0.15, 0.2) is 18.2 Å². The largest absolute Gasteiger partial charge is 0.491 e. The number of hydrogen-bond acceptors (Lipinski definition) is 4. The van der Waals surface area contributed by atoms with Gasteiger partial charge in [0.1, 0.15) is 5.75 Å². The van der Waals surface area contributed by atoms with Crippen molar-refractivity contribution < 1.29 is 40.8 Å². The maximum Gasteiger partial charge on any atom is 0.491 e. The van der Waals surface area contributed by atoms with E-state index < -0.39 is 54.3 Å². The first-order chi connectivity index (χ1) is 12.7. The Labute approximate surface area is 159 Å². The number of amides is 1. The molecule has 1 heterocycles. The number of ether oxygens (including phenoxy) is 1. The van der Waals surface area contributed by atoms with Gasteiger partial charge < -0.3 is 19.4 Å². The highest BCUT2D eigenvalue weighted by atomic mass is 19.4. The highest BCUT2D eigenvalue weighted by Crippen LogP contribution is 2.40. The number of carbonyl (C=O) groups excluding carboxylic acids is 1. The number of rotatable bonds is 5. The van der Waals surface area contributed by atoms with Gasteiger partial charge >= 0.3 is 19.9 Å². The second-order valence-electron chi connectivity index (χ2n) is 7.44. The van der Waals surface area contributed by atoms with Crippen LogP contribution in [0.25, 0.3) is 0 Å². The zero-order valence-electron chi connectivity index (χ0n) is 16.0. The van der Waals surface area contributed by atoms with E-state index in [-0.39, 0.29) is 5.56 Å². The van der Waals surface area contributed by atoms with Crippen LogP contribution < -0.4 is 10.1 Å². The van der Waals surface area contributed by atoms with Crippen LogP contribution in [0.5, 0.6) is 5.75 Å². The molecule has 1 aromatic rings. The molecule has 0 aromatic heterocycles. The summed E-state index contributed by atoms with van der Waals surface area (Å²) in [6, 6.07) is 3.81. The Hall–Kier alpha value is -1.88. The third kappa shape index (κ3) is 4.57. The number of halogens is 5. The molecule has 2 rings (SSSR count). The van der Waals surface area contributed by atoms with Crippen molar-refractivity contribution in [2.24, 2.45) is 0 Å². The van der Waals surface area contributed by atoms with Gasteiger partial charge in [0.2, 0.25) is 0 Å². The van der Waals surface area contributed by atoms with E-state index in [1.165, 1.54) is 19.1 Å². The van der Waals surface area contributed by atoms with E-state index in [0.29, 0.717) is 0 Å². The van der Waals surface area contributed by atoms with Crippen molar-refractivity contribution in [1.82, 2.24) is 5.32 Å². The standard InChI is InChI=1S/C17H21BF5NO4/c1-9-7-6-8-10(26-14(19)20)11(9)12(25)24-13(17(21,22)23)18-27-15(2,3)16(4,5)28-18/h6-8,13-14H,1-5H3,(H,24,25). The maximum atomic E-state index is 13.6. The van der Waals surface area contributed by atoms with E-state index in [1.807, 2.05) is 0 Å². The molecule has 0 aliphatic carbocycles. The summed E-state index contributed by atoms with van der Waals surface area (Å²) in [5, 5.41) is 1.81. The molecule has 0 bridgehead atoms. The maximum absolute atomic E-state index is 13.6. The molecule has 1 aliphatic heterocycles. The fourth-order valence-electron chi connectivity index (χ4n) is 2.67. The van der Waals surface area contributed by atoms with Gasteiger partial charge in [0.05, 0.1) is 16.8 Å². The number of alkyl halides is 5. The molecule has 1 aromatic carbocycles. The number of nitrogens with one attached hydrogen (secondary N) is 1. The van der Waals surface area contributed by atoms with Crippen molar-refractivity contribution in [2.75, 3.05) is 0 Å². The molecule has 0 radical (unpaired) electrons. The molecule has 0 saturated carbocycles. The molecule has 28 heavy (non-hydrogen) atoms. The predicted octanol–water partition coefficient (Wildman–Crippen LogP) is 3.89. The first-order valence-electron chi connectivity index (χ1n) is 8.43. The van der Waals surface area contributed by atoms with Gasteiger partial charge in [0, 0.05) is 0 Å². The van der Waals surface area contributed by atoms with Crippen molar-refractivity contribution in [3.05, 3.63) is 29.3 Å². The van der Waals surface area contributed by atoms with Gasteiger partial charge in [0.15, 0.2) is 5.94 Å². The molecule has 1 N–H and O–H groups in total. The number of hydrogen-bond donors (Lipinski definition) is 1. The van der Waals surface area contributed by atoms with Gasteiger partial charge in [-0.15, -0.1) is 0 Å². The molecular formula is C17H21BF5NO4. The van der Waals surface area contributed by atoms with Crippen molar-refractivity contribution in [1.29, 1.82) is 0 Å². The SMILES string of the molecule is Cc1cccc(OC(F)F)c1C(=O)NC(B1OC(C)(C)C(C)(C)O1)C(F)(F)F. The van der Waals surface area contributed by atoms with Crippen LogP contribution in [0.4, 0.5) is 22.0 Å². The van der Waals surface area contributed by atoms with Gasteiger partial charge in [-0.3, -0.25) is 4.79 Å². The topological polar surface area (TPSA) is 56.8 Å². The third-order valence-corrected chi connectivity index (χ3v) is 4.86. The molecule has 0 spiro atoms. The van der Waals surface area contributed by atoms with Crippen molar-refractivity contribution in [3.63, 3.8) is 0 Å². The number of carbonyl (C=O) groups is 1. The number of aryl methyl sites for hydroxylation is 1. The lowest BCUT2D eigenvalue weighted by Gasteiger charge is -2.32. The lowest BCUT2D eigenvalue weighted by atomic mass is 9.77. The second-order valence-corrected chi connectivity index (χ2v) is 7.44. The summed E-state index contributed by atoms with van der Waals surface area (Å²) >= 11 is 0. The van der Waals surface area contributed by atoms with Crippen molar-refractivity contribution in [2.45, 2.75) is 64.5 Å². The van der Waals surface area contributed by atoms with Crippen LogP contribution in [0, 0.1) is 6.92 Å². The first kappa shape index (κ1) is 22.4. The van der Waals surface area contributed by atoms with Gasteiger partial charge in [-0.05, 0) is 46.2 Å². The summed E-state index contributed by atoms with van der Waals surface area (Å²) in [7, 11) is -1.81. The molecule has 1 aliphatic rings. The second kappa shape index (κ2) is 7.51. The van der Waals surface area contributed by atoms with E-state index in [2.05, 4.69) is 4.74 Å². The zero-order chi connectivity index (χ0) is 21.5. The van der Waals surface area contributed by atoms with Crippen LogP contribution in [0.1, 0.15) is 43.6 Å². The fourth-order valence-corrected chi connectivity index (χ4v) is 2.67. The van der Waals surface area contributed by atoms with E-state index in [0.717, 1.165) is 6.07 Å². The van der Waals surface area contributed by atoms with Crippen LogP contribution in [-0.4, -0.2) is 43.0 Å². The van der Waals surface area contributed by atoms with Gasteiger partial charge in [-0.2, -0.15) is 22.0 Å². The molecule has 5 nitrogen and oxygen atoms in total. The van der Waals surface area contributed by atoms with Gasteiger partial charge in [-0.1, -0.05) is 12.1 Å². The summed E-state index contributed by atoms with van der Waals surface area (Å²) in [4.78, 5) is 12.6. The summed E-state index contributed by atoms with van der Waals surface area (Å²) in [6.45, 7) is 4.42. The third-order valence-electron chi connectivity index (χ3n) is 4.86. The Morgan fingerprint density at radius 1 is 1.14 bits per heavy atom. The quantitative estimate of drug-likeness (QED) is 0.593. The molecule has 11 heteroatoms. The molecule has 1 saturated heterocycles. The summed E-state index contributed by atoms with van der Waals surface area (Å²) in [6.07, 6.45) is -4.91. The van der Waals surface area contributed by atoms with Crippen LogP contribution >= 0.6 is 0 Å². The highest BCUT2D eigenvalue weighted by Gasteiger charge is 2.61. The molecular weight excluding hydrogens is 388 g/mol. The van der Waals surface area contributed by atoms with Gasteiger partial charge in [0.25, 0.3) is 5.91 Å². The highest BCUT2D eigenvalue weighted by molar-refractivity contribution is 6.48. The predicted molar refractivity (Wildman–Crippen MR) is 91.2 cm³/mol. The van der Waals surface area contributed by atoms with E-state index in [4.69, 9.17) is 9.31 Å². The minimum absolute atomic E-state index is 0.172. The summed E-state index contributed by atoms with van der Waals surface area (Å²) in [5.41, 5.74) is -2.36. The van der Waals surface area contributed by atoms with E-state index in [9.17, 15) is 26.7 Å². The molecule has 1 fully saturated rings. The lowest BCUT2D eigenvalue weighted by molar-refractivity contribution is -0.141. The smallest absolute Gasteiger partial charge is 0.434 e. The average molecular weight is 409 g/mol. The normalized spacial score (nSPS) is 19.6. The Kier molecular flexibility index (Phi) is 6.01. The Morgan fingerprint density at radius 2 is 1.68 bits per heavy atom. The Bertz CT molecular complexity index is 723. The molecule has 1 unspecified atom stereocenters. The summed E-state index contributed by atoms with van der Waals surface area (Å²) in [5.74, 6) is -4.27. The monoisotopic (exact) mass is 409 g/mol. The van der Waals surface area contributed by atoms with E-state index >= 15 is 0 Å². The van der Waals surface area contributed by atoms with Crippen LogP contribution in [-0.2, 0) is 9.31 Å². The molecule has 156 valence electrons.